The second kappa shape index (κ2) is 4.25. The fraction of sp³-hybridized carbons (Fsp3) is 0. The Morgan fingerprint density at radius 1 is 1.10 bits per heavy atom. The number of H-pyrrole nitrogens is 1. The Hall–Kier alpha value is -2.53. The Morgan fingerprint density at radius 2 is 2.05 bits per heavy atom. The minimum Gasteiger partial charge on any atom is -0.399 e. The summed E-state index contributed by atoms with van der Waals surface area (Å²) in [6.45, 7) is 0. The number of imidazole rings is 1. The average molecular weight is 280 g/mol. The lowest BCUT2D eigenvalue weighted by atomic mass is 10.2. The third-order valence-electron chi connectivity index (χ3n) is 3.22. The number of aromatic nitrogens is 2. The van der Waals surface area contributed by atoms with E-state index in [4.69, 9.17) is 5.73 Å². The lowest BCUT2D eigenvalue weighted by Crippen LogP contribution is -1.91. The van der Waals surface area contributed by atoms with Gasteiger partial charge < -0.3 is 16.0 Å². The topological polar surface area (TPSA) is 66.7 Å². The molecule has 0 aliphatic carbocycles. The monoisotopic (exact) mass is 280 g/mol. The first-order valence-electron chi connectivity index (χ1n) is 6.27. The molecule has 0 amide bonds. The molecule has 0 fully saturated rings. The van der Waals surface area contributed by atoms with Crippen molar-refractivity contribution in [2.75, 3.05) is 11.1 Å². The first-order valence-corrected chi connectivity index (χ1v) is 7.15. The zero-order valence-electron chi connectivity index (χ0n) is 10.6. The number of hydrogen-bond acceptors (Lipinski definition) is 4. The number of hydrogen-bond donors (Lipinski definition) is 3. The maximum atomic E-state index is 5.77. The fourth-order valence-electron chi connectivity index (χ4n) is 2.27. The van der Waals surface area contributed by atoms with Gasteiger partial charge in [-0.2, -0.15) is 0 Å². The van der Waals surface area contributed by atoms with Crippen molar-refractivity contribution in [2.24, 2.45) is 0 Å². The van der Waals surface area contributed by atoms with Gasteiger partial charge >= 0.3 is 0 Å². The van der Waals surface area contributed by atoms with Gasteiger partial charge in [-0.25, -0.2) is 4.98 Å². The van der Waals surface area contributed by atoms with Crippen molar-refractivity contribution in [3.8, 4) is 0 Å². The SMILES string of the molecule is Nc1ccc2nc(Nc3ccc4sccc4c3)[nH]c2c1. The van der Waals surface area contributed by atoms with E-state index in [0.29, 0.717) is 0 Å². The minimum absolute atomic E-state index is 0.722. The number of benzene rings is 2. The Bertz CT molecular complexity index is 906. The molecule has 20 heavy (non-hydrogen) atoms. The zero-order valence-corrected chi connectivity index (χ0v) is 11.4. The third kappa shape index (κ3) is 1.88. The molecule has 98 valence electrons. The number of nitrogens with two attached hydrogens (primary N) is 1. The van der Waals surface area contributed by atoms with Gasteiger partial charge in [-0.05, 0) is 53.2 Å². The molecule has 0 spiro atoms. The van der Waals surface area contributed by atoms with Crippen molar-refractivity contribution < 1.29 is 0 Å². The highest BCUT2D eigenvalue weighted by molar-refractivity contribution is 7.17. The van der Waals surface area contributed by atoms with E-state index < -0.39 is 0 Å². The number of nitrogens with zero attached hydrogens (tertiary/aromatic N) is 1. The molecule has 0 saturated carbocycles. The Morgan fingerprint density at radius 3 is 3.00 bits per heavy atom. The third-order valence-corrected chi connectivity index (χ3v) is 4.12. The summed E-state index contributed by atoms with van der Waals surface area (Å²) >= 11 is 1.74. The van der Waals surface area contributed by atoms with E-state index in [9.17, 15) is 0 Å². The second-order valence-electron chi connectivity index (χ2n) is 4.66. The lowest BCUT2D eigenvalue weighted by Gasteiger charge is -2.02. The molecule has 4 N–H and O–H groups in total. The molecule has 0 bridgehead atoms. The molecule has 0 aliphatic rings. The molecule has 2 aromatic carbocycles. The summed E-state index contributed by atoms with van der Waals surface area (Å²) in [7, 11) is 0. The van der Waals surface area contributed by atoms with Gasteiger partial charge in [0, 0.05) is 16.1 Å². The number of fused-ring (bicyclic) bond motifs is 2. The van der Waals surface area contributed by atoms with Crippen LogP contribution >= 0.6 is 11.3 Å². The van der Waals surface area contributed by atoms with Crippen molar-refractivity contribution in [1.29, 1.82) is 0 Å². The van der Waals surface area contributed by atoms with Crippen LogP contribution in [-0.2, 0) is 0 Å². The molecule has 4 rings (SSSR count). The molecule has 4 aromatic rings. The maximum absolute atomic E-state index is 5.77. The molecular weight excluding hydrogens is 268 g/mol. The van der Waals surface area contributed by atoms with Crippen LogP contribution in [-0.4, -0.2) is 9.97 Å². The number of aromatic amines is 1. The summed E-state index contributed by atoms with van der Waals surface area (Å²) in [4.78, 5) is 7.72. The van der Waals surface area contributed by atoms with Crippen LogP contribution in [0.2, 0.25) is 0 Å². The summed E-state index contributed by atoms with van der Waals surface area (Å²) in [5.41, 5.74) is 9.35. The van der Waals surface area contributed by atoms with E-state index in [-0.39, 0.29) is 0 Å². The van der Waals surface area contributed by atoms with Gasteiger partial charge in [0.15, 0.2) is 0 Å². The van der Waals surface area contributed by atoms with E-state index in [1.54, 1.807) is 11.3 Å². The van der Waals surface area contributed by atoms with Gasteiger partial charge in [0.05, 0.1) is 11.0 Å². The fourth-order valence-corrected chi connectivity index (χ4v) is 3.04. The number of anilines is 3. The number of nitrogen functional groups attached to an aromatic ring is 1. The van der Waals surface area contributed by atoms with E-state index >= 15 is 0 Å². The normalized spacial score (nSPS) is 11.2. The van der Waals surface area contributed by atoms with Gasteiger partial charge in [0.25, 0.3) is 0 Å². The second-order valence-corrected chi connectivity index (χ2v) is 5.61. The molecular formula is C15H12N4S. The van der Waals surface area contributed by atoms with Crippen molar-refractivity contribution >= 4 is 49.8 Å². The van der Waals surface area contributed by atoms with Crippen molar-refractivity contribution in [3.05, 3.63) is 47.8 Å². The largest absolute Gasteiger partial charge is 0.399 e. The van der Waals surface area contributed by atoms with Gasteiger partial charge in [0.1, 0.15) is 0 Å². The summed E-state index contributed by atoms with van der Waals surface area (Å²) in [5.74, 6) is 0.722. The Kier molecular flexibility index (Phi) is 2.40. The van der Waals surface area contributed by atoms with E-state index in [1.165, 1.54) is 10.1 Å². The number of thiophene rings is 1. The molecule has 0 atom stereocenters. The van der Waals surface area contributed by atoms with Crippen LogP contribution in [0.15, 0.2) is 47.8 Å². The average Bonchev–Trinajstić information content (AvgIpc) is 3.03. The Balaban J connectivity index is 1.72. The van der Waals surface area contributed by atoms with Gasteiger partial charge in [-0.3, -0.25) is 0 Å². The number of rotatable bonds is 2. The molecule has 2 aromatic heterocycles. The van der Waals surface area contributed by atoms with Crippen LogP contribution < -0.4 is 11.1 Å². The quantitative estimate of drug-likeness (QED) is 0.484. The smallest absolute Gasteiger partial charge is 0.205 e. The zero-order chi connectivity index (χ0) is 13.5. The summed E-state index contributed by atoms with van der Waals surface area (Å²) in [6.07, 6.45) is 0. The van der Waals surface area contributed by atoms with Crippen LogP contribution in [0.4, 0.5) is 17.3 Å². The van der Waals surface area contributed by atoms with Crippen LogP contribution in [0.5, 0.6) is 0 Å². The van der Waals surface area contributed by atoms with Crippen LogP contribution in [0.25, 0.3) is 21.1 Å². The van der Waals surface area contributed by atoms with Gasteiger partial charge in [0.2, 0.25) is 5.95 Å². The highest BCUT2D eigenvalue weighted by atomic mass is 32.1. The van der Waals surface area contributed by atoms with Crippen LogP contribution in [0.1, 0.15) is 0 Å². The van der Waals surface area contributed by atoms with Crippen molar-refractivity contribution in [3.63, 3.8) is 0 Å². The van der Waals surface area contributed by atoms with E-state index in [0.717, 1.165) is 28.4 Å². The van der Waals surface area contributed by atoms with Gasteiger partial charge in [-0.15, -0.1) is 11.3 Å². The highest BCUT2D eigenvalue weighted by Crippen LogP contribution is 2.26. The number of nitrogens with one attached hydrogen (secondary N) is 2. The molecule has 4 nitrogen and oxygen atoms in total. The summed E-state index contributed by atoms with van der Waals surface area (Å²) < 4.78 is 1.29. The van der Waals surface area contributed by atoms with Gasteiger partial charge in [-0.1, -0.05) is 0 Å². The van der Waals surface area contributed by atoms with Crippen LogP contribution in [0.3, 0.4) is 0 Å². The van der Waals surface area contributed by atoms with E-state index in [1.807, 2.05) is 18.2 Å². The maximum Gasteiger partial charge on any atom is 0.205 e. The predicted molar refractivity (Wildman–Crippen MR) is 85.6 cm³/mol. The predicted octanol–water partition coefficient (Wildman–Crippen LogP) is 4.10. The molecule has 2 heterocycles. The molecule has 0 unspecified atom stereocenters. The van der Waals surface area contributed by atoms with Crippen molar-refractivity contribution in [1.82, 2.24) is 9.97 Å². The highest BCUT2D eigenvalue weighted by Gasteiger charge is 2.04. The first kappa shape index (κ1) is 11.3. The lowest BCUT2D eigenvalue weighted by molar-refractivity contribution is 1.31. The summed E-state index contributed by atoms with van der Waals surface area (Å²) in [5, 5.41) is 6.62. The molecule has 0 saturated heterocycles. The molecule has 5 heteroatoms. The standard InChI is InChI=1S/C15H12N4S/c16-10-1-3-12-13(8-10)19-15(18-12)17-11-2-4-14-9(7-11)5-6-20-14/h1-8H,16H2,(H2,17,18,19). The van der Waals surface area contributed by atoms with Crippen molar-refractivity contribution in [2.45, 2.75) is 0 Å². The summed E-state index contributed by atoms with van der Waals surface area (Å²) in [6, 6.07) is 14.1. The molecule has 0 radical (unpaired) electrons. The Labute approximate surface area is 119 Å². The minimum atomic E-state index is 0.722. The molecule has 0 aliphatic heterocycles. The van der Waals surface area contributed by atoms with E-state index in [2.05, 4.69) is 44.9 Å². The first-order chi connectivity index (χ1) is 9.78. The van der Waals surface area contributed by atoms with Crippen LogP contribution in [0, 0.1) is 0 Å².